The predicted molar refractivity (Wildman–Crippen MR) is 144 cm³/mol. The van der Waals surface area contributed by atoms with E-state index in [9.17, 15) is 23.1 Å². The number of piperazine rings is 1. The fourth-order valence-electron chi connectivity index (χ4n) is 8.64. The molecule has 2 bridgehead atoms. The SMILES string of the molecule is O=C1C2C(C(=O)N1CC1CCCCC1CN1CCN(C3=NS(=O)(=O)c4ccccc43)CC1)[C@H]1CC[C@@H]2CC1O. The summed E-state index contributed by atoms with van der Waals surface area (Å²) in [7, 11) is -3.62. The molecule has 8 rings (SSSR count). The largest absolute Gasteiger partial charge is 0.393 e. The van der Waals surface area contributed by atoms with Gasteiger partial charge in [0.2, 0.25) is 11.8 Å². The monoisotopic (exact) mass is 554 g/mol. The summed E-state index contributed by atoms with van der Waals surface area (Å²) in [6, 6.07) is 7.05. The van der Waals surface area contributed by atoms with Gasteiger partial charge in [0.25, 0.3) is 10.0 Å². The fourth-order valence-corrected chi connectivity index (χ4v) is 9.86. The van der Waals surface area contributed by atoms with Gasteiger partial charge < -0.3 is 10.0 Å². The first-order valence-corrected chi connectivity index (χ1v) is 16.2. The molecule has 2 saturated heterocycles. The van der Waals surface area contributed by atoms with Crippen molar-refractivity contribution >= 4 is 27.7 Å². The lowest BCUT2D eigenvalue weighted by Gasteiger charge is -2.45. The standard InChI is InChI=1S/C29H38N4O5S/c34-23-15-18-9-10-21(23)26-25(18)28(35)33(29(26)36)17-20-6-2-1-5-19(20)16-31-11-13-32(14-12-31)27-22-7-3-4-8-24(22)39(37,38)30-27/h3-4,7-8,18-21,23,25-26,34H,1-2,5-6,9-17H2/t18-,19?,20?,21+,23?,25?,26?/m1/s1. The van der Waals surface area contributed by atoms with Gasteiger partial charge in [0, 0.05) is 44.8 Å². The molecule has 2 amide bonds. The minimum absolute atomic E-state index is 0.0241. The van der Waals surface area contributed by atoms with Gasteiger partial charge in [-0.1, -0.05) is 25.0 Å². The molecule has 0 radical (unpaired) electrons. The maximum absolute atomic E-state index is 13.5. The smallest absolute Gasteiger partial charge is 0.285 e. The normalized spacial score (nSPS) is 37.7. The Balaban J connectivity index is 0.996. The number of aliphatic hydroxyl groups is 1. The molecule has 4 saturated carbocycles. The van der Waals surface area contributed by atoms with E-state index in [1.54, 1.807) is 17.0 Å². The molecule has 4 aliphatic carbocycles. The van der Waals surface area contributed by atoms with Crippen molar-refractivity contribution in [3.8, 4) is 0 Å². The Morgan fingerprint density at radius 2 is 1.56 bits per heavy atom. The second-order valence-electron chi connectivity index (χ2n) is 12.6. The first-order valence-electron chi connectivity index (χ1n) is 14.8. The summed E-state index contributed by atoms with van der Waals surface area (Å²) >= 11 is 0. The summed E-state index contributed by atoms with van der Waals surface area (Å²) in [5, 5.41) is 10.5. The van der Waals surface area contributed by atoms with E-state index in [4.69, 9.17) is 0 Å². The van der Waals surface area contributed by atoms with Crippen molar-refractivity contribution in [1.82, 2.24) is 14.7 Å². The molecule has 1 N–H and O–H groups in total. The Labute approximate surface area is 230 Å². The van der Waals surface area contributed by atoms with Crippen molar-refractivity contribution in [2.24, 2.45) is 39.9 Å². The number of nitrogens with zero attached hydrogens (tertiary/aromatic N) is 4. The molecule has 10 heteroatoms. The molecule has 0 aromatic heterocycles. The summed E-state index contributed by atoms with van der Waals surface area (Å²) in [6.07, 6.45) is 6.51. The molecule has 39 heavy (non-hydrogen) atoms. The topological polar surface area (TPSA) is 111 Å². The van der Waals surface area contributed by atoms with E-state index in [0.717, 1.165) is 64.8 Å². The summed E-state index contributed by atoms with van der Waals surface area (Å²) in [5.74, 6) is 0.898. The maximum Gasteiger partial charge on any atom is 0.285 e. The Morgan fingerprint density at radius 3 is 2.31 bits per heavy atom. The van der Waals surface area contributed by atoms with Crippen LogP contribution in [0.15, 0.2) is 33.6 Å². The predicted octanol–water partition coefficient (Wildman–Crippen LogP) is 1.95. The lowest BCUT2D eigenvalue weighted by molar-refractivity contribution is -0.141. The molecule has 210 valence electrons. The van der Waals surface area contributed by atoms with Crippen LogP contribution in [0, 0.1) is 35.5 Å². The number of rotatable bonds is 4. The van der Waals surface area contributed by atoms with Gasteiger partial charge in [0.1, 0.15) is 4.90 Å². The second kappa shape index (κ2) is 9.66. The van der Waals surface area contributed by atoms with Crippen LogP contribution in [0.25, 0.3) is 0 Å². The zero-order chi connectivity index (χ0) is 26.9. The molecule has 1 aromatic rings. The Hall–Kier alpha value is -2.30. The Kier molecular flexibility index (Phi) is 6.36. The second-order valence-corrected chi connectivity index (χ2v) is 14.2. The highest BCUT2D eigenvalue weighted by atomic mass is 32.2. The Morgan fingerprint density at radius 1 is 0.872 bits per heavy atom. The van der Waals surface area contributed by atoms with Gasteiger partial charge in [-0.2, -0.15) is 8.42 Å². The lowest BCUT2D eigenvalue weighted by atomic mass is 9.58. The number of hydrogen-bond acceptors (Lipinski definition) is 7. The van der Waals surface area contributed by atoms with E-state index in [-0.39, 0.29) is 35.5 Å². The lowest BCUT2D eigenvalue weighted by Crippen LogP contribution is -2.51. The van der Waals surface area contributed by atoms with Crippen molar-refractivity contribution < 1.29 is 23.1 Å². The minimum Gasteiger partial charge on any atom is -0.393 e. The third-order valence-corrected chi connectivity index (χ3v) is 12.0. The van der Waals surface area contributed by atoms with Gasteiger partial charge in [-0.3, -0.25) is 19.4 Å². The van der Waals surface area contributed by atoms with Crippen LogP contribution < -0.4 is 0 Å². The van der Waals surface area contributed by atoms with Crippen LogP contribution >= 0.6 is 0 Å². The molecule has 5 unspecified atom stereocenters. The molecule has 1 aromatic carbocycles. The van der Waals surface area contributed by atoms with Crippen LogP contribution in [-0.4, -0.2) is 91.2 Å². The van der Waals surface area contributed by atoms with Gasteiger partial charge in [-0.25, -0.2) is 0 Å². The fraction of sp³-hybridized carbons (Fsp3) is 0.690. The highest BCUT2D eigenvalue weighted by Crippen LogP contribution is 2.53. The average molecular weight is 555 g/mol. The van der Waals surface area contributed by atoms with E-state index in [1.807, 2.05) is 12.1 Å². The molecule has 0 spiro atoms. The first-order chi connectivity index (χ1) is 18.8. The number of amides is 2. The van der Waals surface area contributed by atoms with Crippen molar-refractivity contribution in [1.29, 1.82) is 0 Å². The molecule has 7 atom stereocenters. The van der Waals surface area contributed by atoms with Crippen molar-refractivity contribution in [3.63, 3.8) is 0 Å². The first kappa shape index (κ1) is 25.7. The van der Waals surface area contributed by atoms with Crippen LogP contribution in [0.1, 0.15) is 50.5 Å². The van der Waals surface area contributed by atoms with E-state index >= 15 is 0 Å². The number of carbonyl (C=O) groups is 2. The zero-order valence-electron chi connectivity index (χ0n) is 22.3. The van der Waals surface area contributed by atoms with Gasteiger partial charge in [0.05, 0.1) is 17.9 Å². The van der Waals surface area contributed by atoms with Crippen LogP contribution in [-0.2, 0) is 19.6 Å². The molecule has 3 aliphatic heterocycles. The van der Waals surface area contributed by atoms with Gasteiger partial charge >= 0.3 is 0 Å². The van der Waals surface area contributed by atoms with Gasteiger partial charge in [0.15, 0.2) is 5.84 Å². The number of amidine groups is 1. The number of benzene rings is 1. The van der Waals surface area contributed by atoms with Gasteiger partial charge in [-0.05, 0) is 67.9 Å². The molecular weight excluding hydrogens is 516 g/mol. The van der Waals surface area contributed by atoms with Crippen LogP contribution in [0.2, 0.25) is 0 Å². The van der Waals surface area contributed by atoms with Crippen LogP contribution in [0.4, 0.5) is 0 Å². The molecule has 3 heterocycles. The van der Waals surface area contributed by atoms with Crippen molar-refractivity contribution in [2.75, 3.05) is 39.3 Å². The van der Waals surface area contributed by atoms with E-state index in [0.29, 0.717) is 41.1 Å². The Bertz CT molecular complexity index is 1310. The van der Waals surface area contributed by atoms with Crippen LogP contribution in [0.5, 0.6) is 0 Å². The zero-order valence-corrected chi connectivity index (χ0v) is 23.1. The van der Waals surface area contributed by atoms with Gasteiger partial charge in [-0.15, -0.1) is 4.40 Å². The summed E-state index contributed by atoms with van der Waals surface area (Å²) in [4.78, 5) is 33.4. The van der Waals surface area contributed by atoms with E-state index in [2.05, 4.69) is 14.2 Å². The third kappa shape index (κ3) is 4.25. The summed E-state index contributed by atoms with van der Waals surface area (Å²) in [5.41, 5.74) is 0.694. The number of imide groups is 1. The number of likely N-dealkylation sites (tertiary alicyclic amines) is 1. The van der Waals surface area contributed by atoms with Crippen molar-refractivity contribution in [2.45, 2.75) is 55.9 Å². The van der Waals surface area contributed by atoms with Crippen molar-refractivity contribution in [3.05, 3.63) is 29.8 Å². The molecule has 6 fully saturated rings. The highest BCUT2D eigenvalue weighted by Gasteiger charge is 2.60. The van der Waals surface area contributed by atoms with E-state index < -0.39 is 16.1 Å². The maximum atomic E-state index is 13.5. The molecule has 9 nitrogen and oxygen atoms in total. The quantitative estimate of drug-likeness (QED) is 0.567. The highest BCUT2D eigenvalue weighted by molar-refractivity contribution is 7.90. The number of fused-ring (bicyclic) bond motifs is 3. The summed E-state index contributed by atoms with van der Waals surface area (Å²) in [6.45, 7) is 4.56. The number of hydrogen-bond donors (Lipinski definition) is 1. The van der Waals surface area contributed by atoms with Crippen LogP contribution in [0.3, 0.4) is 0 Å². The summed E-state index contributed by atoms with van der Waals surface area (Å²) < 4.78 is 29.1. The van der Waals surface area contributed by atoms with E-state index in [1.165, 1.54) is 6.42 Å². The molecule has 7 aliphatic rings. The number of carbonyl (C=O) groups excluding carboxylic acids is 2. The molecular formula is C29H38N4O5S. The number of aliphatic hydroxyl groups excluding tert-OH is 1. The average Bonchev–Trinajstić information content (AvgIpc) is 3.37. The minimum atomic E-state index is -3.62. The number of sulfonamides is 1. The third-order valence-electron chi connectivity index (χ3n) is 10.6.